The molecule has 1 aliphatic rings. The molecule has 102 valence electrons. The van der Waals surface area contributed by atoms with Crippen LogP contribution in [0.1, 0.15) is 24.8 Å². The van der Waals surface area contributed by atoms with Crippen molar-refractivity contribution < 1.29 is 14.7 Å². The molecule has 0 fully saturated rings. The third kappa shape index (κ3) is 3.24. The molecule has 5 heteroatoms. The minimum atomic E-state index is -0.751. The first-order valence-electron chi connectivity index (χ1n) is 6.43. The number of benzene rings is 1. The molecule has 0 saturated carbocycles. The number of hydrogen-bond acceptors (Lipinski definition) is 3. The number of aliphatic carboxylic acids is 1. The topological polar surface area (TPSA) is 69.6 Å². The minimum absolute atomic E-state index is 0.119. The lowest BCUT2D eigenvalue weighted by Crippen LogP contribution is -2.20. The summed E-state index contributed by atoms with van der Waals surface area (Å²) >= 11 is 0. The molecule has 1 aromatic rings. The maximum atomic E-state index is 11.6. The molecule has 0 unspecified atom stereocenters. The quantitative estimate of drug-likeness (QED) is 0.768. The van der Waals surface area contributed by atoms with Gasteiger partial charge in [-0.2, -0.15) is 0 Å². The number of carboxylic acids is 1. The highest BCUT2D eigenvalue weighted by molar-refractivity contribution is 6.01. The second kappa shape index (κ2) is 5.73. The summed E-state index contributed by atoms with van der Waals surface area (Å²) in [4.78, 5) is 23.6. The van der Waals surface area contributed by atoms with Crippen LogP contribution < -0.4 is 10.2 Å². The zero-order chi connectivity index (χ0) is 13.8. The van der Waals surface area contributed by atoms with Crippen LogP contribution in [0.2, 0.25) is 0 Å². The van der Waals surface area contributed by atoms with Gasteiger partial charge in [-0.3, -0.25) is 9.59 Å². The number of carboxylic acid groups (broad SMARTS) is 1. The fourth-order valence-corrected chi connectivity index (χ4v) is 2.21. The Morgan fingerprint density at radius 3 is 2.95 bits per heavy atom. The van der Waals surface area contributed by atoms with Gasteiger partial charge < -0.3 is 15.3 Å². The number of amides is 1. The van der Waals surface area contributed by atoms with Gasteiger partial charge in [-0.05, 0) is 36.6 Å². The number of carbonyl (C=O) groups excluding carboxylic acids is 1. The Morgan fingerprint density at radius 2 is 2.21 bits per heavy atom. The van der Waals surface area contributed by atoms with E-state index in [0.717, 1.165) is 29.9 Å². The molecule has 2 rings (SSSR count). The van der Waals surface area contributed by atoms with Crippen LogP contribution in [0, 0.1) is 0 Å². The molecule has 0 atom stereocenters. The molecule has 1 heterocycles. The van der Waals surface area contributed by atoms with Crippen LogP contribution in [0.15, 0.2) is 18.2 Å². The van der Waals surface area contributed by atoms with Gasteiger partial charge in [0.25, 0.3) is 0 Å². The summed E-state index contributed by atoms with van der Waals surface area (Å²) in [6, 6.07) is 5.89. The van der Waals surface area contributed by atoms with Crippen molar-refractivity contribution >= 4 is 23.3 Å². The standard InChI is InChI=1S/C14H18N2O3/c1-16-12-6-5-11(8-10(12)9-13(16)17)15-7-3-2-4-14(18)19/h5-6,8,15H,2-4,7,9H2,1H3,(H,18,19). The second-order valence-corrected chi connectivity index (χ2v) is 4.75. The van der Waals surface area contributed by atoms with Gasteiger partial charge in [0, 0.05) is 31.4 Å². The average Bonchev–Trinajstić information content (AvgIpc) is 2.64. The van der Waals surface area contributed by atoms with E-state index in [4.69, 9.17) is 5.11 Å². The monoisotopic (exact) mass is 262 g/mol. The lowest BCUT2D eigenvalue weighted by molar-refractivity contribution is -0.137. The summed E-state index contributed by atoms with van der Waals surface area (Å²) in [6.45, 7) is 0.746. The number of nitrogens with one attached hydrogen (secondary N) is 1. The molecule has 0 spiro atoms. The van der Waals surface area contributed by atoms with E-state index in [1.54, 1.807) is 11.9 Å². The van der Waals surface area contributed by atoms with Gasteiger partial charge in [0.15, 0.2) is 0 Å². The molecule has 1 amide bonds. The largest absolute Gasteiger partial charge is 0.481 e. The number of hydrogen-bond donors (Lipinski definition) is 2. The first kappa shape index (κ1) is 13.4. The smallest absolute Gasteiger partial charge is 0.303 e. The Kier molecular flexibility index (Phi) is 4.04. The summed E-state index contributed by atoms with van der Waals surface area (Å²) < 4.78 is 0. The lowest BCUT2D eigenvalue weighted by atomic mass is 10.1. The Labute approximate surface area is 112 Å². The molecular weight excluding hydrogens is 244 g/mol. The fraction of sp³-hybridized carbons (Fsp3) is 0.429. The molecule has 2 N–H and O–H groups in total. The van der Waals surface area contributed by atoms with Gasteiger partial charge in [0.05, 0.1) is 6.42 Å². The third-order valence-electron chi connectivity index (χ3n) is 3.30. The summed E-state index contributed by atoms with van der Waals surface area (Å²) in [7, 11) is 1.78. The van der Waals surface area contributed by atoms with Gasteiger partial charge in [0.1, 0.15) is 0 Å². The highest BCUT2D eigenvalue weighted by atomic mass is 16.4. The minimum Gasteiger partial charge on any atom is -0.481 e. The van der Waals surface area contributed by atoms with Crippen molar-refractivity contribution in [3.63, 3.8) is 0 Å². The van der Waals surface area contributed by atoms with Gasteiger partial charge >= 0.3 is 5.97 Å². The zero-order valence-electron chi connectivity index (χ0n) is 11.0. The predicted octanol–water partition coefficient (Wildman–Crippen LogP) is 1.87. The maximum Gasteiger partial charge on any atom is 0.303 e. The molecule has 0 aliphatic carbocycles. The van der Waals surface area contributed by atoms with E-state index in [9.17, 15) is 9.59 Å². The van der Waals surface area contributed by atoms with Gasteiger partial charge in [-0.1, -0.05) is 0 Å². The van der Waals surface area contributed by atoms with Crippen molar-refractivity contribution in [1.82, 2.24) is 0 Å². The molecule has 0 radical (unpaired) electrons. The molecule has 0 aromatic heterocycles. The Balaban J connectivity index is 1.85. The number of unbranched alkanes of at least 4 members (excludes halogenated alkanes) is 1. The van der Waals surface area contributed by atoms with Crippen LogP contribution in [0.4, 0.5) is 11.4 Å². The Hall–Kier alpha value is -2.04. The van der Waals surface area contributed by atoms with E-state index >= 15 is 0 Å². The molecular formula is C14H18N2O3. The van der Waals surface area contributed by atoms with Crippen LogP contribution in [0.3, 0.4) is 0 Å². The average molecular weight is 262 g/mol. The Bertz CT molecular complexity index is 499. The van der Waals surface area contributed by atoms with Gasteiger partial charge in [0.2, 0.25) is 5.91 Å². The van der Waals surface area contributed by atoms with Crippen LogP contribution in [-0.4, -0.2) is 30.6 Å². The SMILES string of the molecule is CN1C(=O)Cc2cc(NCCCCC(=O)O)ccc21. The molecule has 0 bridgehead atoms. The number of anilines is 2. The molecule has 1 aliphatic heterocycles. The van der Waals surface area contributed by atoms with E-state index in [2.05, 4.69) is 5.32 Å². The van der Waals surface area contributed by atoms with E-state index in [1.807, 2.05) is 18.2 Å². The van der Waals surface area contributed by atoms with Crippen molar-refractivity contribution in [1.29, 1.82) is 0 Å². The summed E-state index contributed by atoms with van der Waals surface area (Å²) in [5, 5.41) is 11.8. The van der Waals surface area contributed by atoms with E-state index in [0.29, 0.717) is 12.8 Å². The van der Waals surface area contributed by atoms with E-state index in [1.165, 1.54) is 0 Å². The van der Waals surface area contributed by atoms with Crippen LogP contribution >= 0.6 is 0 Å². The first-order valence-corrected chi connectivity index (χ1v) is 6.43. The number of fused-ring (bicyclic) bond motifs is 1. The van der Waals surface area contributed by atoms with Crippen molar-refractivity contribution in [2.45, 2.75) is 25.7 Å². The van der Waals surface area contributed by atoms with Crippen molar-refractivity contribution in [2.75, 3.05) is 23.8 Å². The summed E-state index contributed by atoms with van der Waals surface area (Å²) in [5.41, 5.74) is 3.00. The van der Waals surface area contributed by atoms with E-state index < -0.39 is 5.97 Å². The number of rotatable bonds is 6. The number of likely N-dealkylation sites (N-methyl/N-ethyl adjacent to an activating group) is 1. The maximum absolute atomic E-state index is 11.6. The van der Waals surface area contributed by atoms with Crippen LogP contribution in [0.25, 0.3) is 0 Å². The molecule has 0 saturated heterocycles. The van der Waals surface area contributed by atoms with Gasteiger partial charge in [-0.25, -0.2) is 0 Å². The predicted molar refractivity (Wildman–Crippen MR) is 73.5 cm³/mol. The van der Waals surface area contributed by atoms with Crippen molar-refractivity contribution in [3.8, 4) is 0 Å². The number of nitrogens with zero attached hydrogens (tertiary/aromatic N) is 1. The summed E-state index contributed by atoms with van der Waals surface area (Å²) in [5.74, 6) is -0.632. The highest BCUT2D eigenvalue weighted by Gasteiger charge is 2.23. The van der Waals surface area contributed by atoms with Crippen LogP contribution in [0.5, 0.6) is 0 Å². The first-order chi connectivity index (χ1) is 9.08. The van der Waals surface area contributed by atoms with Crippen molar-refractivity contribution in [2.24, 2.45) is 0 Å². The Morgan fingerprint density at radius 1 is 1.42 bits per heavy atom. The third-order valence-corrected chi connectivity index (χ3v) is 3.30. The van der Waals surface area contributed by atoms with Crippen LogP contribution in [-0.2, 0) is 16.0 Å². The molecule has 19 heavy (non-hydrogen) atoms. The molecule has 1 aromatic carbocycles. The second-order valence-electron chi connectivity index (χ2n) is 4.75. The number of carbonyl (C=O) groups is 2. The van der Waals surface area contributed by atoms with E-state index in [-0.39, 0.29) is 12.3 Å². The van der Waals surface area contributed by atoms with Crippen molar-refractivity contribution in [3.05, 3.63) is 23.8 Å². The highest BCUT2D eigenvalue weighted by Crippen LogP contribution is 2.29. The zero-order valence-corrected chi connectivity index (χ0v) is 11.0. The lowest BCUT2D eigenvalue weighted by Gasteiger charge is -2.11. The van der Waals surface area contributed by atoms with Gasteiger partial charge in [-0.15, -0.1) is 0 Å². The molecule has 5 nitrogen and oxygen atoms in total. The fourth-order valence-electron chi connectivity index (χ4n) is 2.21. The normalized spacial score (nSPS) is 13.5. The summed E-state index contributed by atoms with van der Waals surface area (Å²) in [6.07, 6.45) is 2.17.